The Hall–Kier alpha value is -3.48. The summed E-state index contributed by atoms with van der Waals surface area (Å²) in [6, 6.07) is 11.1. The molecule has 0 fully saturated rings. The first kappa shape index (κ1) is 20.8. The summed E-state index contributed by atoms with van der Waals surface area (Å²) < 4.78 is 17.4. The van der Waals surface area contributed by atoms with Crippen molar-refractivity contribution >= 4 is 23.6 Å². The van der Waals surface area contributed by atoms with E-state index in [0.29, 0.717) is 23.8 Å². The average Bonchev–Trinajstić information content (AvgIpc) is 3.14. The summed E-state index contributed by atoms with van der Waals surface area (Å²) in [5.41, 5.74) is 2.51. The number of hydrogen-bond acceptors (Lipinski definition) is 5. The highest BCUT2D eigenvalue weighted by Crippen LogP contribution is 2.36. The van der Waals surface area contributed by atoms with Gasteiger partial charge in [-0.05, 0) is 44.2 Å². The van der Waals surface area contributed by atoms with Crippen LogP contribution in [0, 0.1) is 0 Å². The Balaban J connectivity index is 1.62. The summed E-state index contributed by atoms with van der Waals surface area (Å²) in [5.74, 6) is 1.51. The normalized spacial score (nSPS) is 19.3. The second-order valence-electron chi connectivity index (χ2n) is 7.53. The minimum atomic E-state index is -0.772. The Labute approximate surface area is 181 Å². The smallest absolute Gasteiger partial charge is 0.262 e. The van der Waals surface area contributed by atoms with Crippen LogP contribution in [-0.4, -0.2) is 44.2 Å². The van der Waals surface area contributed by atoms with Crippen LogP contribution in [0.5, 0.6) is 17.2 Å². The number of nitrogens with zero attached hydrogens (tertiary/aromatic N) is 1. The molecule has 162 valence electrons. The first-order chi connectivity index (χ1) is 15.0. The summed E-state index contributed by atoms with van der Waals surface area (Å²) in [6.07, 6.45) is 3.41. The monoisotopic (exact) mass is 422 g/mol. The summed E-state index contributed by atoms with van der Waals surface area (Å²) >= 11 is 0. The zero-order valence-corrected chi connectivity index (χ0v) is 17.9. The SMILES string of the molecule is CCOc1cc2c(cc1/C=C/C(=O)N1C[C@@H](C(=O)NC)Oc3ccccc31)O[C@@H](C)C2. The topological polar surface area (TPSA) is 77.1 Å². The van der Waals surface area contributed by atoms with Gasteiger partial charge in [0.15, 0.2) is 6.10 Å². The van der Waals surface area contributed by atoms with E-state index in [9.17, 15) is 9.59 Å². The lowest BCUT2D eigenvalue weighted by atomic mass is 10.1. The van der Waals surface area contributed by atoms with Gasteiger partial charge in [0, 0.05) is 30.7 Å². The van der Waals surface area contributed by atoms with Gasteiger partial charge in [-0.25, -0.2) is 0 Å². The van der Waals surface area contributed by atoms with Crippen LogP contribution in [0.25, 0.3) is 6.08 Å². The molecule has 0 saturated heterocycles. The molecule has 2 atom stereocenters. The number of benzene rings is 2. The summed E-state index contributed by atoms with van der Waals surface area (Å²) in [6.45, 7) is 4.60. The van der Waals surface area contributed by atoms with Crippen molar-refractivity contribution in [3.63, 3.8) is 0 Å². The van der Waals surface area contributed by atoms with E-state index in [1.165, 1.54) is 6.08 Å². The van der Waals surface area contributed by atoms with Crippen molar-refractivity contribution < 1.29 is 23.8 Å². The molecule has 2 heterocycles. The minimum Gasteiger partial charge on any atom is -0.493 e. The molecule has 0 radical (unpaired) electrons. The number of nitrogens with one attached hydrogen (secondary N) is 1. The highest BCUT2D eigenvalue weighted by atomic mass is 16.5. The molecule has 0 unspecified atom stereocenters. The minimum absolute atomic E-state index is 0.122. The van der Waals surface area contributed by atoms with Crippen LogP contribution in [0.4, 0.5) is 5.69 Å². The lowest BCUT2D eigenvalue weighted by Crippen LogP contribution is -2.49. The number of carbonyl (C=O) groups excluding carboxylic acids is 2. The summed E-state index contributed by atoms with van der Waals surface area (Å²) in [7, 11) is 1.55. The van der Waals surface area contributed by atoms with Crippen molar-refractivity contribution in [2.45, 2.75) is 32.5 Å². The Kier molecular flexibility index (Phi) is 5.84. The molecule has 2 amide bonds. The van der Waals surface area contributed by atoms with Crippen molar-refractivity contribution in [1.29, 1.82) is 0 Å². The maximum atomic E-state index is 13.1. The van der Waals surface area contributed by atoms with Crippen LogP contribution < -0.4 is 24.4 Å². The number of anilines is 1. The fourth-order valence-corrected chi connectivity index (χ4v) is 3.86. The van der Waals surface area contributed by atoms with Gasteiger partial charge in [0.1, 0.15) is 23.4 Å². The van der Waals surface area contributed by atoms with E-state index >= 15 is 0 Å². The van der Waals surface area contributed by atoms with Crippen LogP contribution in [0.1, 0.15) is 25.0 Å². The Bertz CT molecular complexity index is 1030. The number of likely N-dealkylation sites (N-methyl/N-ethyl adjacent to an activating group) is 1. The van der Waals surface area contributed by atoms with Gasteiger partial charge in [-0.1, -0.05) is 12.1 Å². The van der Waals surface area contributed by atoms with Crippen molar-refractivity contribution in [2.24, 2.45) is 0 Å². The molecule has 0 aliphatic carbocycles. The first-order valence-electron chi connectivity index (χ1n) is 10.4. The molecule has 2 aromatic rings. The van der Waals surface area contributed by atoms with Crippen LogP contribution in [0.15, 0.2) is 42.5 Å². The molecule has 2 aliphatic rings. The van der Waals surface area contributed by atoms with Crippen molar-refractivity contribution in [1.82, 2.24) is 5.32 Å². The standard InChI is InChI=1S/C24H26N2O5/c1-4-29-20-13-17-11-15(2)30-21(17)12-16(20)9-10-23(27)26-14-22(24(28)25-3)31-19-8-6-5-7-18(19)26/h5-10,12-13,15,22H,4,11,14H2,1-3H3,(H,25,28)/b10-9+/t15-,22-/m0/s1. The van der Waals surface area contributed by atoms with Gasteiger partial charge in [-0.15, -0.1) is 0 Å². The van der Waals surface area contributed by atoms with Gasteiger partial charge in [0.05, 0.1) is 18.8 Å². The second kappa shape index (κ2) is 8.71. The fourth-order valence-electron chi connectivity index (χ4n) is 3.86. The van der Waals surface area contributed by atoms with E-state index < -0.39 is 6.10 Å². The van der Waals surface area contributed by atoms with Crippen molar-refractivity contribution in [2.75, 3.05) is 25.1 Å². The Morgan fingerprint density at radius 3 is 2.81 bits per heavy atom. The highest BCUT2D eigenvalue weighted by Gasteiger charge is 2.32. The third-order valence-corrected chi connectivity index (χ3v) is 5.31. The quantitative estimate of drug-likeness (QED) is 0.750. The molecule has 2 aromatic carbocycles. The maximum Gasteiger partial charge on any atom is 0.262 e. The van der Waals surface area contributed by atoms with Gasteiger partial charge in [0.25, 0.3) is 11.8 Å². The Morgan fingerprint density at radius 2 is 2.03 bits per heavy atom. The third-order valence-electron chi connectivity index (χ3n) is 5.31. The van der Waals surface area contributed by atoms with Gasteiger partial charge < -0.3 is 24.4 Å². The average molecular weight is 422 g/mol. The molecule has 0 saturated carbocycles. The largest absolute Gasteiger partial charge is 0.493 e. The molecule has 0 aromatic heterocycles. The first-order valence-corrected chi connectivity index (χ1v) is 10.4. The van der Waals surface area contributed by atoms with Gasteiger partial charge >= 0.3 is 0 Å². The summed E-state index contributed by atoms with van der Waals surface area (Å²) in [4.78, 5) is 26.8. The van der Waals surface area contributed by atoms with E-state index in [-0.39, 0.29) is 24.5 Å². The number of fused-ring (bicyclic) bond motifs is 2. The second-order valence-corrected chi connectivity index (χ2v) is 7.53. The van der Waals surface area contributed by atoms with E-state index in [1.54, 1.807) is 30.2 Å². The fraction of sp³-hybridized carbons (Fsp3) is 0.333. The molecular weight excluding hydrogens is 396 g/mol. The molecule has 1 N–H and O–H groups in total. The van der Waals surface area contributed by atoms with Crippen LogP contribution in [0.3, 0.4) is 0 Å². The number of hydrogen-bond donors (Lipinski definition) is 1. The van der Waals surface area contributed by atoms with Gasteiger partial charge in [-0.2, -0.15) is 0 Å². The third kappa shape index (κ3) is 4.21. The van der Waals surface area contributed by atoms with E-state index in [4.69, 9.17) is 14.2 Å². The predicted molar refractivity (Wildman–Crippen MR) is 118 cm³/mol. The Morgan fingerprint density at radius 1 is 1.23 bits per heavy atom. The number of ether oxygens (including phenoxy) is 3. The number of para-hydroxylation sites is 2. The molecule has 7 nitrogen and oxygen atoms in total. The maximum absolute atomic E-state index is 13.1. The van der Waals surface area contributed by atoms with Gasteiger partial charge in [-0.3, -0.25) is 9.59 Å². The van der Waals surface area contributed by atoms with Gasteiger partial charge in [0.2, 0.25) is 0 Å². The lowest BCUT2D eigenvalue weighted by molar-refractivity contribution is -0.127. The molecule has 2 aliphatic heterocycles. The van der Waals surface area contributed by atoms with Crippen LogP contribution in [-0.2, 0) is 16.0 Å². The van der Waals surface area contributed by atoms with Crippen LogP contribution >= 0.6 is 0 Å². The highest BCUT2D eigenvalue weighted by molar-refractivity contribution is 6.06. The molecule has 4 rings (SSSR count). The molecule has 0 bridgehead atoms. The lowest BCUT2D eigenvalue weighted by Gasteiger charge is -2.33. The van der Waals surface area contributed by atoms with Crippen molar-refractivity contribution in [3.8, 4) is 17.2 Å². The number of carbonyl (C=O) groups is 2. The number of amides is 2. The summed E-state index contributed by atoms with van der Waals surface area (Å²) in [5, 5.41) is 2.58. The molecule has 0 spiro atoms. The zero-order chi connectivity index (χ0) is 22.0. The molecule has 31 heavy (non-hydrogen) atoms. The molecular formula is C24H26N2O5. The number of rotatable bonds is 5. The van der Waals surface area contributed by atoms with E-state index in [1.807, 2.05) is 38.1 Å². The van der Waals surface area contributed by atoms with E-state index in [2.05, 4.69) is 5.32 Å². The molecule has 7 heteroatoms. The van der Waals surface area contributed by atoms with Crippen molar-refractivity contribution in [3.05, 3.63) is 53.6 Å². The predicted octanol–water partition coefficient (Wildman–Crippen LogP) is 2.96. The van der Waals surface area contributed by atoms with Crippen LogP contribution in [0.2, 0.25) is 0 Å². The van der Waals surface area contributed by atoms with E-state index in [0.717, 1.165) is 23.3 Å². The zero-order valence-electron chi connectivity index (χ0n) is 17.9.